The van der Waals surface area contributed by atoms with Crippen LogP contribution in [0.1, 0.15) is 43.9 Å². The summed E-state index contributed by atoms with van der Waals surface area (Å²) in [6.07, 6.45) is 2.60. The Kier molecular flexibility index (Phi) is 3.13. The molecule has 0 atom stereocenters. The topological polar surface area (TPSA) is 50.2 Å². The molecule has 0 bridgehead atoms. The number of carbonyl (C=O) groups is 1. The van der Waals surface area contributed by atoms with Crippen LogP contribution in [0.4, 0.5) is 0 Å². The zero-order valence-electron chi connectivity index (χ0n) is 11.6. The van der Waals surface area contributed by atoms with Crippen LogP contribution in [0.15, 0.2) is 29.6 Å². The van der Waals surface area contributed by atoms with Gasteiger partial charge < -0.3 is 5.11 Å². The summed E-state index contributed by atoms with van der Waals surface area (Å²) in [6, 6.07) is 8.50. The van der Waals surface area contributed by atoms with Crippen molar-refractivity contribution in [2.75, 3.05) is 0 Å². The van der Waals surface area contributed by atoms with Crippen molar-refractivity contribution < 1.29 is 9.90 Å². The summed E-state index contributed by atoms with van der Waals surface area (Å²) in [5.41, 5.74) is 2.14. The Balaban J connectivity index is 1.87. The van der Waals surface area contributed by atoms with Crippen molar-refractivity contribution in [3.63, 3.8) is 0 Å². The molecular weight excluding hydrogens is 270 g/mol. The summed E-state index contributed by atoms with van der Waals surface area (Å²) >= 11 is 1.50. The van der Waals surface area contributed by atoms with Crippen LogP contribution in [-0.2, 0) is 10.2 Å². The second-order valence-corrected chi connectivity index (χ2v) is 6.72. The molecule has 4 heteroatoms. The van der Waals surface area contributed by atoms with Crippen molar-refractivity contribution >= 4 is 17.3 Å². The maximum Gasteiger partial charge on any atom is 0.315 e. The van der Waals surface area contributed by atoms with Gasteiger partial charge in [0.1, 0.15) is 10.4 Å². The lowest BCUT2D eigenvalue weighted by molar-refractivity contribution is -0.142. The van der Waals surface area contributed by atoms with Crippen molar-refractivity contribution in [3.8, 4) is 10.6 Å². The molecule has 2 aromatic rings. The van der Waals surface area contributed by atoms with E-state index in [1.807, 2.05) is 5.38 Å². The predicted molar refractivity (Wildman–Crippen MR) is 80.2 cm³/mol. The second-order valence-electron chi connectivity index (χ2n) is 5.86. The van der Waals surface area contributed by atoms with Gasteiger partial charge in [-0.3, -0.25) is 4.79 Å². The van der Waals surface area contributed by atoms with E-state index >= 15 is 0 Å². The number of rotatable bonds is 4. The fourth-order valence-electron chi connectivity index (χ4n) is 2.12. The molecule has 0 amide bonds. The number of carboxylic acids is 1. The first-order valence-corrected chi connectivity index (χ1v) is 7.66. The Morgan fingerprint density at radius 1 is 1.30 bits per heavy atom. The van der Waals surface area contributed by atoms with E-state index in [4.69, 9.17) is 0 Å². The fraction of sp³-hybridized carbons (Fsp3) is 0.375. The van der Waals surface area contributed by atoms with Gasteiger partial charge in [-0.05, 0) is 38.2 Å². The molecule has 3 rings (SSSR count). The Hall–Kier alpha value is -1.68. The number of hydrogen-bond donors (Lipinski definition) is 1. The Morgan fingerprint density at radius 3 is 2.50 bits per heavy atom. The molecule has 1 heterocycles. The summed E-state index contributed by atoms with van der Waals surface area (Å²) in [7, 11) is 0. The number of carboxylic acid groups (broad SMARTS) is 1. The van der Waals surface area contributed by atoms with Crippen molar-refractivity contribution in [1.82, 2.24) is 4.98 Å². The molecule has 0 aliphatic heterocycles. The van der Waals surface area contributed by atoms with E-state index in [9.17, 15) is 9.90 Å². The molecule has 1 aromatic carbocycles. The van der Waals surface area contributed by atoms with Crippen LogP contribution in [0, 0.1) is 0 Å². The van der Waals surface area contributed by atoms with Crippen LogP contribution < -0.4 is 0 Å². The lowest BCUT2D eigenvalue weighted by Crippen LogP contribution is -2.28. The van der Waals surface area contributed by atoms with E-state index in [1.54, 1.807) is 13.8 Å². The first kappa shape index (κ1) is 13.3. The third kappa shape index (κ3) is 2.36. The summed E-state index contributed by atoms with van der Waals surface area (Å²) in [6.45, 7) is 3.37. The zero-order valence-corrected chi connectivity index (χ0v) is 12.4. The average molecular weight is 287 g/mol. The van der Waals surface area contributed by atoms with Crippen molar-refractivity contribution in [3.05, 3.63) is 40.9 Å². The van der Waals surface area contributed by atoms with E-state index in [0.717, 1.165) is 16.5 Å². The molecule has 1 saturated carbocycles. The van der Waals surface area contributed by atoms with Crippen LogP contribution in [0.25, 0.3) is 10.6 Å². The molecule has 1 aliphatic rings. The van der Waals surface area contributed by atoms with E-state index in [-0.39, 0.29) is 0 Å². The van der Waals surface area contributed by atoms with Crippen molar-refractivity contribution in [1.29, 1.82) is 0 Å². The maximum absolute atomic E-state index is 11.3. The van der Waals surface area contributed by atoms with Crippen LogP contribution in [0.3, 0.4) is 0 Å². The highest BCUT2D eigenvalue weighted by atomic mass is 32.1. The maximum atomic E-state index is 11.3. The summed E-state index contributed by atoms with van der Waals surface area (Å²) in [5.74, 6) is -0.0970. The predicted octanol–water partition coefficient (Wildman–Crippen LogP) is 4.05. The normalized spacial score (nSPS) is 15.3. The number of nitrogens with zero attached hydrogens (tertiary/aromatic N) is 1. The van der Waals surface area contributed by atoms with Crippen LogP contribution in [0.2, 0.25) is 0 Å². The quantitative estimate of drug-likeness (QED) is 0.923. The van der Waals surface area contributed by atoms with Gasteiger partial charge in [-0.1, -0.05) is 24.3 Å². The zero-order chi connectivity index (χ0) is 14.3. The molecule has 1 fully saturated rings. The third-order valence-corrected chi connectivity index (χ3v) is 4.78. The summed E-state index contributed by atoms with van der Waals surface area (Å²) < 4.78 is 0. The fourth-order valence-corrected chi connectivity index (χ4v) is 3.11. The largest absolute Gasteiger partial charge is 0.481 e. The number of hydrogen-bond acceptors (Lipinski definition) is 3. The smallest absolute Gasteiger partial charge is 0.315 e. The standard InChI is InChI=1S/C16H17NO2S/c1-16(2,15(18)19)13-9-20-14(17-13)12-7-5-11(6-8-12)10-3-4-10/h5-10H,3-4H2,1-2H3,(H,18,19). The minimum atomic E-state index is -0.942. The average Bonchev–Trinajstić information content (AvgIpc) is 3.15. The molecule has 1 aliphatic carbocycles. The molecule has 0 unspecified atom stereocenters. The van der Waals surface area contributed by atoms with E-state index in [2.05, 4.69) is 29.2 Å². The van der Waals surface area contributed by atoms with Crippen LogP contribution in [0.5, 0.6) is 0 Å². The summed E-state index contributed by atoms with van der Waals surface area (Å²) in [5, 5.41) is 12.0. The van der Waals surface area contributed by atoms with Crippen LogP contribution >= 0.6 is 11.3 Å². The summed E-state index contributed by atoms with van der Waals surface area (Å²) in [4.78, 5) is 15.8. The van der Waals surface area contributed by atoms with E-state index < -0.39 is 11.4 Å². The molecule has 0 saturated heterocycles. The van der Waals surface area contributed by atoms with Gasteiger partial charge in [-0.25, -0.2) is 4.98 Å². The van der Waals surface area contributed by atoms with Gasteiger partial charge in [0.2, 0.25) is 0 Å². The molecule has 0 spiro atoms. The molecule has 3 nitrogen and oxygen atoms in total. The van der Waals surface area contributed by atoms with Gasteiger partial charge in [0, 0.05) is 10.9 Å². The van der Waals surface area contributed by atoms with Gasteiger partial charge in [0.05, 0.1) is 5.69 Å². The highest BCUT2D eigenvalue weighted by molar-refractivity contribution is 7.13. The molecule has 0 radical (unpaired) electrons. The second kappa shape index (κ2) is 4.70. The Labute approximate surface area is 122 Å². The Morgan fingerprint density at radius 2 is 1.95 bits per heavy atom. The highest BCUT2D eigenvalue weighted by Gasteiger charge is 2.32. The SMILES string of the molecule is CC(C)(C(=O)O)c1csc(-c2ccc(C3CC3)cc2)n1. The van der Waals surface area contributed by atoms with Gasteiger partial charge >= 0.3 is 5.97 Å². The lowest BCUT2D eigenvalue weighted by Gasteiger charge is -2.15. The van der Waals surface area contributed by atoms with Crippen molar-refractivity contribution in [2.24, 2.45) is 0 Å². The molecule has 20 heavy (non-hydrogen) atoms. The molecular formula is C16H17NO2S. The van der Waals surface area contributed by atoms with E-state index in [0.29, 0.717) is 5.69 Å². The first-order chi connectivity index (χ1) is 9.48. The minimum absolute atomic E-state index is 0.622. The first-order valence-electron chi connectivity index (χ1n) is 6.78. The van der Waals surface area contributed by atoms with Gasteiger partial charge in [0.25, 0.3) is 0 Å². The Bertz CT molecular complexity index is 639. The number of aliphatic carboxylic acids is 1. The van der Waals surface area contributed by atoms with Gasteiger partial charge in [-0.2, -0.15) is 0 Å². The van der Waals surface area contributed by atoms with Crippen LogP contribution in [-0.4, -0.2) is 16.1 Å². The van der Waals surface area contributed by atoms with Gasteiger partial charge in [-0.15, -0.1) is 11.3 Å². The third-order valence-electron chi connectivity index (χ3n) is 3.89. The monoisotopic (exact) mass is 287 g/mol. The van der Waals surface area contributed by atoms with Gasteiger partial charge in [0.15, 0.2) is 0 Å². The van der Waals surface area contributed by atoms with E-state index in [1.165, 1.54) is 29.7 Å². The highest BCUT2D eigenvalue weighted by Crippen LogP contribution is 2.40. The minimum Gasteiger partial charge on any atom is -0.481 e. The number of aromatic nitrogens is 1. The lowest BCUT2D eigenvalue weighted by atomic mass is 9.90. The number of thiazole rings is 1. The molecule has 1 aromatic heterocycles. The number of benzene rings is 1. The molecule has 1 N–H and O–H groups in total. The molecule has 104 valence electrons. The van der Waals surface area contributed by atoms with Crippen molar-refractivity contribution in [2.45, 2.75) is 38.0 Å².